The number of aryl methyl sites for hydroxylation is 4. The molecule has 2 heterocycles. The third-order valence-electron chi connectivity index (χ3n) is 5.02. The molecule has 4 aromatic rings. The Morgan fingerprint density at radius 3 is 2.47 bits per heavy atom. The van der Waals surface area contributed by atoms with Gasteiger partial charge in [-0.25, -0.2) is 14.3 Å². The van der Waals surface area contributed by atoms with E-state index in [0.29, 0.717) is 17.0 Å². The molecule has 1 unspecified atom stereocenters. The number of ether oxygens (including phenoxy) is 1. The first-order valence-electron chi connectivity index (χ1n) is 10.2. The van der Waals surface area contributed by atoms with Gasteiger partial charge >= 0.3 is 5.97 Å². The van der Waals surface area contributed by atoms with Gasteiger partial charge in [0.2, 0.25) is 6.10 Å². The lowest BCUT2D eigenvalue weighted by atomic mass is 10.1. The largest absolute Gasteiger partial charge is 0.441 e. The van der Waals surface area contributed by atoms with E-state index < -0.39 is 18.0 Å². The molecular weight excluding hydrogens is 406 g/mol. The molecule has 2 aromatic carbocycles. The molecule has 162 valence electrons. The molecule has 0 fully saturated rings. The van der Waals surface area contributed by atoms with Crippen LogP contribution in [0.5, 0.6) is 0 Å². The summed E-state index contributed by atoms with van der Waals surface area (Å²) >= 11 is 0. The van der Waals surface area contributed by atoms with Gasteiger partial charge in [0.25, 0.3) is 17.5 Å². The second kappa shape index (κ2) is 8.58. The number of esters is 1. The lowest BCUT2D eigenvalue weighted by Crippen LogP contribution is -2.26. The van der Waals surface area contributed by atoms with Crippen LogP contribution in [0.2, 0.25) is 0 Å². The van der Waals surface area contributed by atoms with Crippen molar-refractivity contribution in [2.24, 2.45) is 0 Å². The topological polar surface area (TPSA) is 98.5 Å². The number of aromatic nitrogens is 4. The van der Waals surface area contributed by atoms with Gasteiger partial charge in [-0.1, -0.05) is 42.5 Å². The maximum Gasteiger partial charge on any atom is 0.379 e. The van der Waals surface area contributed by atoms with E-state index in [1.54, 1.807) is 24.3 Å². The second-order valence-corrected chi connectivity index (χ2v) is 7.69. The van der Waals surface area contributed by atoms with Gasteiger partial charge in [0.05, 0.1) is 0 Å². The first-order valence-corrected chi connectivity index (χ1v) is 10.2. The maximum absolute atomic E-state index is 13.2. The third-order valence-corrected chi connectivity index (χ3v) is 5.02. The number of nitrogens with zero attached hydrogens (tertiary/aromatic N) is 4. The summed E-state index contributed by atoms with van der Waals surface area (Å²) in [5.41, 5.74) is 4.65. The van der Waals surface area contributed by atoms with Crippen LogP contribution in [0.15, 0.2) is 54.6 Å². The Morgan fingerprint density at radius 2 is 1.72 bits per heavy atom. The molecule has 32 heavy (non-hydrogen) atoms. The van der Waals surface area contributed by atoms with Gasteiger partial charge in [-0.15, -0.1) is 5.10 Å². The molecule has 0 saturated heterocycles. The Morgan fingerprint density at radius 1 is 0.969 bits per heavy atom. The normalized spacial score (nSPS) is 11.9. The number of carbonyl (C=O) groups is 2. The molecule has 2 aromatic heterocycles. The summed E-state index contributed by atoms with van der Waals surface area (Å²) in [5, 5.41) is 7.08. The minimum absolute atomic E-state index is 0.160. The van der Waals surface area contributed by atoms with Crippen molar-refractivity contribution in [3.05, 3.63) is 88.5 Å². The van der Waals surface area contributed by atoms with Crippen molar-refractivity contribution < 1.29 is 14.3 Å². The molecule has 1 atom stereocenters. The number of amides is 1. The second-order valence-electron chi connectivity index (χ2n) is 7.69. The van der Waals surface area contributed by atoms with E-state index in [1.807, 2.05) is 58.0 Å². The summed E-state index contributed by atoms with van der Waals surface area (Å²) < 4.78 is 7.08. The van der Waals surface area contributed by atoms with E-state index in [2.05, 4.69) is 20.4 Å². The van der Waals surface area contributed by atoms with E-state index in [-0.39, 0.29) is 5.82 Å². The minimum atomic E-state index is -1.17. The molecule has 1 N–H and O–H groups in total. The predicted molar refractivity (Wildman–Crippen MR) is 119 cm³/mol. The molecule has 8 nitrogen and oxygen atoms in total. The molecule has 0 aliphatic heterocycles. The third kappa shape index (κ3) is 4.34. The highest BCUT2D eigenvalue weighted by molar-refractivity contribution is 5.98. The zero-order chi connectivity index (χ0) is 22.8. The molecule has 0 radical (unpaired) electrons. The molecule has 8 heteroatoms. The van der Waals surface area contributed by atoms with Crippen LogP contribution >= 0.6 is 0 Å². The van der Waals surface area contributed by atoms with Crippen molar-refractivity contribution in [3.8, 4) is 0 Å². The number of benzene rings is 2. The van der Waals surface area contributed by atoms with Crippen LogP contribution < -0.4 is 5.32 Å². The first kappa shape index (κ1) is 21.2. The fourth-order valence-electron chi connectivity index (χ4n) is 3.38. The van der Waals surface area contributed by atoms with Gasteiger partial charge in [0, 0.05) is 22.6 Å². The summed E-state index contributed by atoms with van der Waals surface area (Å²) in [4.78, 5) is 34.5. The smallest absolute Gasteiger partial charge is 0.379 e. The zero-order valence-corrected chi connectivity index (χ0v) is 18.3. The summed E-state index contributed by atoms with van der Waals surface area (Å²) in [6.07, 6.45) is -1.17. The number of anilines is 1. The van der Waals surface area contributed by atoms with Crippen molar-refractivity contribution >= 4 is 23.3 Å². The molecule has 0 aliphatic carbocycles. The number of hydrogen-bond donors (Lipinski definition) is 1. The SMILES string of the molecule is Cc1ccc(C)c(NC(=O)C(OC(=O)c2nc3nc(C)cc(C)n3n2)c2ccccc2)c1. The Labute approximate surface area is 185 Å². The van der Waals surface area contributed by atoms with E-state index in [4.69, 9.17) is 4.74 Å². The van der Waals surface area contributed by atoms with Gasteiger partial charge in [-0.2, -0.15) is 4.98 Å². The van der Waals surface area contributed by atoms with Gasteiger partial charge in [0.15, 0.2) is 0 Å². The highest BCUT2D eigenvalue weighted by Crippen LogP contribution is 2.23. The summed E-state index contributed by atoms with van der Waals surface area (Å²) in [7, 11) is 0. The number of hydrogen-bond acceptors (Lipinski definition) is 6. The lowest BCUT2D eigenvalue weighted by Gasteiger charge is -2.18. The summed E-state index contributed by atoms with van der Waals surface area (Å²) in [6.45, 7) is 7.52. The average molecular weight is 429 g/mol. The van der Waals surface area contributed by atoms with E-state index in [1.165, 1.54) is 4.52 Å². The van der Waals surface area contributed by atoms with Gasteiger partial charge < -0.3 is 10.1 Å². The minimum Gasteiger partial charge on any atom is -0.441 e. The fourth-order valence-corrected chi connectivity index (χ4v) is 3.38. The van der Waals surface area contributed by atoms with Crippen LogP contribution in [-0.4, -0.2) is 31.5 Å². The molecule has 4 rings (SSSR count). The van der Waals surface area contributed by atoms with Gasteiger partial charge in [-0.05, 0) is 51.0 Å². The fraction of sp³-hybridized carbons (Fsp3) is 0.208. The van der Waals surface area contributed by atoms with Crippen LogP contribution in [0.3, 0.4) is 0 Å². The van der Waals surface area contributed by atoms with Crippen molar-refractivity contribution in [2.75, 3.05) is 5.32 Å². The Kier molecular flexibility index (Phi) is 5.68. The molecule has 1 amide bonds. The zero-order valence-electron chi connectivity index (χ0n) is 18.3. The molecule has 0 spiro atoms. The average Bonchev–Trinajstić information content (AvgIpc) is 3.19. The highest BCUT2D eigenvalue weighted by atomic mass is 16.5. The lowest BCUT2D eigenvalue weighted by molar-refractivity contribution is -0.125. The van der Waals surface area contributed by atoms with Crippen LogP contribution in [0.25, 0.3) is 5.78 Å². The number of fused-ring (bicyclic) bond motifs is 1. The number of nitrogens with one attached hydrogen (secondary N) is 1. The predicted octanol–water partition coefficient (Wildman–Crippen LogP) is 3.89. The van der Waals surface area contributed by atoms with Crippen molar-refractivity contribution in [1.82, 2.24) is 19.6 Å². The summed E-state index contributed by atoms with van der Waals surface area (Å²) in [5.74, 6) is -1.14. The first-order chi connectivity index (χ1) is 15.3. The van der Waals surface area contributed by atoms with Crippen LogP contribution in [0.1, 0.15) is 44.8 Å². The Hall–Kier alpha value is -4.07. The quantitative estimate of drug-likeness (QED) is 0.483. The Balaban J connectivity index is 1.64. The Bertz CT molecular complexity index is 1310. The van der Waals surface area contributed by atoms with Crippen LogP contribution in [-0.2, 0) is 9.53 Å². The van der Waals surface area contributed by atoms with Crippen LogP contribution in [0, 0.1) is 27.7 Å². The molecule has 0 bridgehead atoms. The van der Waals surface area contributed by atoms with E-state index in [9.17, 15) is 9.59 Å². The molecular formula is C24H23N5O3. The highest BCUT2D eigenvalue weighted by Gasteiger charge is 2.28. The standard InChI is InChI=1S/C24H23N5O3/c1-14-10-11-15(2)19(12-14)26-22(30)20(18-8-6-5-7-9-18)32-23(31)21-27-24-25-16(3)13-17(4)29(24)28-21/h5-13,20H,1-4H3,(H,26,30). The molecule has 0 aliphatic rings. The monoisotopic (exact) mass is 429 g/mol. The van der Waals surface area contributed by atoms with Crippen LogP contribution in [0.4, 0.5) is 5.69 Å². The van der Waals surface area contributed by atoms with Crippen molar-refractivity contribution in [1.29, 1.82) is 0 Å². The number of carbonyl (C=O) groups excluding carboxylic acids is 2. The van der Waals surface area contributed by atoms with Crippen molar-refractivity contribution in [3.63, 3.8) is 0 Å². The van der Waals surface area contributed by atoms with Gasteiger partial charge in [0.1, 0.15) is 0 Å². The maximum atomic E-state index is 13.2. The molecule has 0 saturated carbocycles. The van der Waals surface area contributed by atoms with E-state index in [0.717, 1.165) is 22.5 Å². The number of rotatable bonds is 5. The van der Waals surface area contributed by atoms with E-state index >= 15 is 0 Å². The van der Waals surface area contributed by atoms with Crippen molar-refractivity contribution in [2.45, 2.75) is 33.8 Å². The van der Waals surface area contributed by atoms with Gasteiger partial charge in [-0.3, -0.25) is 4.79 Å². The summed E-state index contributed by atoms with van der Waals surface area (Å²) in [6, 6.07) is 16.4.